The fourth-order valence-electron chi connectivity index (χ4n) is 1.96. The number of rotatable bonds is 7. The number of carbonyl (C=O) groups is 1. The molecule has 0 aliphatic rings. The van der Waals surface area contributed by atoms with Crippen LogP contribution in [-0.4, -0.2) is 24.3 Å². The zero-order valence-corrected chi connectivity index (χ0v) is 12.8. The van der Waals surface area contributed by atoms with Gasteiger partial charge in [0.25, 0.3) is 0 Å². The number of aromatic carboxylic acids is 1. The molecule has 0 fully saturated rings. The molecule has 0 saturated carbocycles. The molecule has 4 nitrogen and oxygen atoms in total. The molecule has 0 aliphatic heterocycles. The van der Waals surface area contributed by atoms with Crippen molar-refractivity contribution in [2.75, 3.05) is 13.2 Å². The lowest BCUT2D eigenvalue weighted by molar-refractivity contribution is 0.0697. The van der Waals surface area contributed by atoms with E-state index in [-0.39, 0.29) is 5.56 Å². The molecule has 1 N–H and O–H groups in total. The van der Waals surface area contributed by atoms with E-state index in [2.05, 4.69) is 26.0 Å². The number of carboxylic acids is 1. The highest BCUT2D eigenvalue weighted by molar-refractivity contribution is 5.87. The SMILES string of the molecule is CC(C)c1ccc(OCCOc2ccc(C(=O)O)cc2)cc1. The summed E-state index contributed by atoms with van der Waals surface area (Å²) in [5, 5.41) is 8.81. The molecular formula is C18H20O4. The summed E-state index contributed by atoms with van der Waals surface area (Å²) in [4.78, 5) is 10.7. The van der Waals surface area contributed by atoms with Crippen LogP contribution in [0.5, 0.6) is 11.5 Å². The maximum atomic E-state index is 10.7. The van der Waals surface area contributed by atoms with Crippen LogP contribution in [0.25, 0.3) is 0 Å². The molecule has 4 heteroatoms. The first-order valence-electron chi connectivity index (χ1n) is 7.25. The molecule has 0 heterocycles. The normalized spacial score (nSPS) is 10.5. The predicted molar refractivity (Wildman–Crippen MR) is 84.9 cm³/mol. The first-order valence-corrected chi connectivity index (χ1v) is 7.25. The third kappa shape index (κ3) is 4.52. The molecule has 0 atom stereocenters. The Hall–Kier alpha value is -2.49. The van der Waals surface area contributed by atoms with Gasteiger partial charge in [-0.1, -0.05) is 26.0 Å². The van der Waals surface area contributed by atoms with Crippen LogP contribution in [0.2, 0.25) is 0 Å². The van der Waals surface area contributed by atoms with Crippen LogP contribution in [0, 0.1) is 0 Å². The van der Waals surface area contributed by atoms with E-state index >= 15 is 0 Å². The first-order chi connectivity index (χ1) is 10.6. The molecule has 0 bridgehead atoms. The number of ether oxygens (including phenoxy) is 2. The highest BCUT2D eigenvalue weighted by Gasteiger charge is 2.02. The molecule has 0 unspecified atom stereocenters. The van der Waals surface area contributed by atoms with Gasteiger partial charge in [0.15, 0.2) is 0 Å². The van der Waals surface area contributed by atoms with E-state index in [9.17, 15) is 4.79 Å². The number of carboxylic acid groups (broad SMARTS) is 1. The van der Waals surface area contributed by atoms with Crippen LogP contribution in [0.15, 0.2) is 48.5 Å². The Morgan fingerprint density at radius 3 is 1.77 bits per heavy atom. The Morgan fingerprint density at radius 2 is 1.36 bits per heavy atom. The lowest BCUT2D eigenvalue weighted by Gasteiger charge is -2.10. The van der Waals surface area contributed by atoms with Crippen LogP contribution in [-0.2, 0) is 0 Å². The van der Waals surface area contributed by atoms with Gasteiger partial charge >= 0.3 is 5.97 Å². The maximum absolute atomic E-state index is 10.7. The quantitative estimate of drug-likeness (QED) is 0.786. The smallest absolute Gasteiger partial charge is 0.335 e. The largest absolute Gasteiger partial charge is 0.490 e. The van der Waals surface area contributed by atoms with Crippen molar-refractivity contribution in [3.05, 3.63) is 59.7 Å². The van der Waals surface area contributed by atoms with E-state index in [1.54, 1.807) is 12.1 Å². The second kappa shape index (κ2) is 7.50. The average Bonchev–Trinajstić information content (AvgIpc) is 2.52. The average molecular weight is 300 g/mol. The molecule has 0 radical (unpaired) electrons. The Morgan fingerprint density at radius 1 is 0.909 bits per heavy atom. The Bertz CT molecular complexity index is 600. The molecule has 0 aromatic heterocycles. The minimum Gasteiger partial charge on any atom is -0.490 e. The van der Waals surface area contributed by atoms with Gasteiger partial charge in [-0.2, -0.15) is 0 Å². The maximum Gasteiger partial charge on any atom is 0.335 e. The highest BCUT2D eigenvalue weighted by Crippen LogP contribution is 2.18. The molecule has 0 spiro atoms. The molecule has 0 saturated heterocycles. The zero-order valence-electron chi connectivity index (χ0n) is 12.8. The summed E-state index contributed by atoms with van der Waals surface area (Å²) < 4.78 is 11.1. The summed E-state index contributed by atoms with van der Waals surface area (Å²) in [5.41, 5.74) is 1.52. The third-order valence-corrected chi connectivity index (χ3v) is 3.27. The Balaban J connectivity index is 1.75. The molecule has 0 amide bonds. The van der Waals surface area contributed by atoms with Crippen molar-refractivity contribution in [2.24, 2.45) is 0 Å². The molecule has 0 aliphatic carbocycles. The van der Waals surface area contributed by atoms with Gasteiger partial charge < -0.3 is 14.6 Å². The summed E-state index contributed by atoms with van der Waals surface area (Å²) in [6.07, 6.45) is 0. The minimum absolute atomic E-state index is 0.244. The predicted octanol–water partition coefficient (Wildman–Crippen LogP) is 3.97. The third-order valence-electron chi connectivity index (χ3n) is 3.27. The van der Waals surface area contributed by atoms with Gasteiger partial charge in [-0.05, 0) is 47.9 Å². The van der Waals surface area contributed by atoms with Crippen LogP contribution < -0.4 is 9.47 Å². The summed E-state index contributed by atoms with van der Waals surface area (Å²) in [7, 11) is 0. The Kier molecular flexibility index (Phi) is 5.42. The number of hydrogen-bond donors (Lipinski definition) is 1. The molecule has 2 rings (SSSR count). The fourth-order valence-corrected chi connectivity index (χ4v) is 1.96. The monoisotopic (exact) mass is 300 g/mol. The van der Waals surface area contributed by atoms with Crippen molar-refractivity contribution < 1.29 is 19.4 Å². The number of hydrogen-bond acceptors (Lipinski definition) is 3. The molecule has 116 valence electrons. The highest BCUT2D eigenvalue weighted by atomic mass is 16.5. The second-order valence-electron chi connectivity index (χ2n) is 5.25. The van der Waals surface area contributed by atoms with Crippen molar-refractivity contribution in [3.8, 4) is 11.5 Å². The van der Waals surface area contributed by atoms with Crippen molar-refractivity contribution in [1.29, 1.82) is 0 Å². The standard InChI is InChI=1S/C18H20O4/c1-13(2)14-3-7-16(8-4-14)21-11-12-22-17-9-5-15(6-10-17)18(19)20/h3-10,13H,11-12H2,1-2H3,(H,19,20). The van der Waals surface area contributed by atoms with Gasteiger partial charge in [0, 0.05) is 0 Å². The van der Waals surface area contributed by atoms with Gasteiger partial charge in [-0.3, -0.25) is 0 Å². The van der Waals surface area contributed by atoms with Gasteiger partial charge in [0.05, 0.1) is 5.56 Å². The molecular weight excluding hydrogens is 280 g/mol. The van der Waals surface area contributed by atoms with Crippen molar-refractivity contribution in [3.63, 3.8) is 0 Å². The van der Waals surface area contributed by atoms with Crippen molar-refractivity contribution in [1.82, 2.24) is 0 Å². The second-order valence-corrected chi connectivity index (χ2v) is 5.25. The van der Waals surface area contributed by atoms with E-state index in [0.29, 0.717) is 24.9 Å². The topological polar surface area (TPSA) is 55.8 Å². The summed E-state index contributed by atoms with van der Waals surface area (Å²) in [6.45, 7) is 5.14. The molecule has 2 aromatic carbocycles. The van der Waals surface area contributed by atoms with Crippen molar-refractivity contribution >= 4 is 5.97 Å². The van der Waals surface area contributed by atoms with Gasteiger partial charge in [-0.15, -0.1) is 0 Å². The van der Waals surface area contributed by atoms with E-state index in [1.165, 1.54) is 17.7 Å². The Labute approximate surface area is 130 Å². The number of benzene rings is 2. The molecule has 22 heavy (non-hydrogen) atoms. The minimum atomic E-state index is -0.945. The van der Waals surface area contributed by atoms with Gasteiger partial charge in [0.1, 0.15) is 24.7 Å². The summed E-state index contributed by atoms with van der Waals surface area (Å²) >= 11 is 0. The van der Waals surface area contributed by atoms with E-state index in [4.69, 9.17) is 14.6 Å². The van der Waals surface area contributed by atoms with Gasteiger partial charge in [-0.25, -0.2) is 4.79 Å². The van der Waals surface area contributed by atoms with E-state index < -0.39 is 5.97 Å². The summed E-state index contributed by atoms with van der Waals surface area (Å²) in [5.74, 6) is 1.00. The lowest BCUT2D eigenvalue weighted by atomic mass is 10.0. The fraction of sp³-hybridized carbons (Fsp3) is 0.278. The van der Waals surface area contributed by atoms with E-state index in [1.807, 2.05) is 12.1 Å². The zero-order chi connectivity index (χ0) is 15.9. The summed E-state index contributed by atoms with van der Waals surface area (Å²) in [6, 6.07) is 14.3. The lowest BCUT2D eigenvalue weighted by Crippen LogP contribution is -2.09. The molecule has 2 aromatic rings. The van der Waals surface area contributed by atoms with Crippen LogP contribution in [0.3, 0.4) is 0 Å². The van der Waals surface area contributed by atoms with Crippen molar-refractivity contribution in [2.45, 2.75) is 19.8 Å². The van der Waals surface area contributed by atoms with Gasteiger partial charge in [0.2, 0.25) is 0 Å². The van der Waals surface area contributed by atoms with Crippen LogP contribution >= 0.6 is 0 Å². The van der Waals surface area contributed by atoms with Crippen LogP contribution in [0.1, 0.15) is 35.7 Å². The van der Waals surface area contributed by atoms with Crippen LogP contribution in [0.4, 0.5) is 0 Å². The first kappa shape index (κ1) is 15.9. The van der Waals surface area contributed by atoms with E-state index in [0.717, 1.165) is 5.75 Å².